The van der Waals surface area contributed by atoms with Crippen molar-refractivity contribution in [1.82, 2.24) is 10.2 Å². The largest absolute Gasteiger partial charge is 0.485 e. The van der Waals surface area contributed by atoms with Crippen LogP contribution in [0, 0.1) is 0 Å². The van der Waals surface area contributed by atoms with Crippen LogP contribution >= 0.6 is 22.9 Å². The van der Waals surface area contributed by atoms with E-state index in [1.807, 2.05) is 18.2 Å². The first-order valence-electron chi connectivity index (χ1n) is 4.98. The Hall–Kier alpha value is -1.13. The summed E-state index contributed by atoms with van der Waals surface area (Å²) in [6, 6.07) is 7.40. The summed E-state index contributed by atoms with van der Waals surface area (Å²) < 4.78 is 5.56. The van der Waals surface area contributed by atoms with Gasteiger partial charge in [0.25, 0.3) is 0 Å². The lowest BCUT2D eigenvalue weighted by atomic mass is 10.3. The lowest BCUT2D eigenvalue weighted by Gasteiger charge is -2.04. The molecule has 1 aromatic heterocycles. The Morgan fingerprint density at radius 3 is 2.69 bits per heavy atom. The predicted molar refractivity (Wildman–Crippen MR) is 65.1 cm³/mol. The molecular weight excluding hydrogens is 244 g/mol. The Labute approximate surface area is 103 Å². The molecule has 5 heteroatoms. The first kappa shape index (κ1) is 11.4. The molecule has 2 rings (SSSR count). The Bertz CT molecular complexity index is 473. The van der Waals surface area contributed by atoms with Crippen LogP contribution in [-0.4, -0.2) is 10.2 Å². The molecule has 0 aliphatic heterocycles. The highest BCUT2D eigenvalue weighted by Crippen LogP contribution is 2.24. The van der Waals surface area contributed by atoms with Crippen molar-refractivity contribution in [2.24, 2.45) is 0 Å². The number of benzene rings is 1. The number of aromatic nitrogens is 2. The van der Waals surface area contributed by atoms with Crippen LogP contribution < -0.4 is 4.74 Å². The van der Waals surface area contributed by atoms with Gasteiger partial charge in [-0.25, -0.2) is 0 Å². The molecule has 0 atom stereocenters. The van der Waals surface area contributed by atoms with Crippen LogP contribution in [0.3, 0.4) is 0 Å². The topological polar surface area (TPSA) is 35.0 Å². The second-order valence-electron chi connectivity index (χ2n) is 3.16. The maximum Gasteiger partial charge on any atom is 0.155 e. The molecule has 0 saturated carbocycles. The van der Waals surface area contributed by atoms with E-state index < -0.39 is 0 Å². The van der Waals surface area contributed by atoms with Crippen molar-refractivity contribution in [3.05, 3.63) is 39.3 Å². The minimum Gasteiger partial charge on any atom is -0.485 e. The SMILES string of the molecule is CCc1nnc(COc2ccccc2Cl)s1. The van der Waals surface area contributed by atoms with E-state index in [-0.39, 0.29) is 0 Å². The van der Waals surface area contributed by atoms with Gasteiger partial charge in [0.2, 0.25) is 0 Å². The predicted octanol–water partition coefficient (Wildman–Crippen LogP) is 3.33. The molecule has 1 aromatic carbocycles. The fourth-order valence-corrected chi connectivity index (χ4v) is 2.08. The summed E-state index contributed by atoms with van der Waals surface area (Å²) in [6.45, 7) is 2.47. The van der Waals surface area contributed by atoms with Gasteiger partial charge in [0.05, 0.1) is 5.02 Å². The summed E-state index contributed by atoms with van der Waals surface area (Å²) in [5, 5.41) is 10.6. The third-order valence-electron chi connectivity index (χ3n) is 2.00. The third-order valence-corrected chi connectivity index (χ3v) is 3.35. The van der Waals surface area contributed by atoms with Crippen LogP contribution in [0.25, 0.3) is 0 Å². The van der Waals surface area contributed by atoms with E-state index in [9.17, 15) is 0 Å². The molecule has 2 aromatic rings. The molecule has 84 valence electrons. The van der Waals surface area contributed by atoms with E-state index in [2.05, 4.69) is 17.1 Å². The van der Waals surface area contributed by atoms with E-state index >= 15 is 0 Å². The number of aryl methyl sites for hydroxylation is 1. The summed E-state index contributed by atoms with van der Waals surface area (Å²) in [6.07, 6.45) is 0.907. The van der Waals surface area contributed by atoms with Crippen LogP contribution in [0.1, 0.15) is 16.9 Å². The highest BCUT2D eigenvalue weighted by molar-refractivity contribution is 7.11. The first-order chi connectivity index (χ1) is 7.79. The number of hydrogen-bond acceptors (Lipinski definition) is 4. The third kappa shape index (κ3) is 2.71. The second-order valence-corrected chi connectivity index (χ2v) is 4.72. The molecule has 16 heavy (non-hydrogen) atoms. The standard InChI is InChI=1S/C11H11ClN2OS/c1-2-10-13-14-11(16-10)7-15-9-6-4-3-5-8(9)12/h3-6H,2,7H2,1H3. The monoisotopic (exact) mass is 254 g/mol. The lowest BCUT2D eigenvalue weighted by Crippen LogP contribution is -1.95. The molecule has 0 aliphatic rings. The molecule has 0 spiro atoms. The normalized spacial score (nSPS) is 10.4. The minimum absolute atomic E-state index is 0.418. The van der Waals surface area contributed by atoms with Crippen LogP contribution in [-0.2, 0) is 13.0 Å². The maximum absolute atomic E-state index is 5.97. The molecule has 0 radical (unpaired) electrons. The Morgan fingerprint density at radius 1 is 1.25 bits per heavy atom. The van der Waals surface area contributed by atoms with Gasteiger partial charge >= 0.3 is 0 Å². The summed E-state index contributed by atoms with van der Waals surface area (Å²) >= 11 is 7.53. The van der Waals surface area contributed by atoms with Gasteiger partial charge < -0.3 is 4.74 Å². The fourth-order valence-electron chi connectivity index (χ4n) is 1.19. The average molecular weight is 255 g/mol. The highest BCUT2D eigenvalue weighted by Gasteiger charge is 2.05. The number of hydrogen-bond donors (Lipinski definition) is 0. The lowest BCUT2D eigenvalue weighted by molar-refractivity contribution is 0.304. The number of ether oxygens (including phenoxy) is 1. The number of nitrogens with zero attached hydrogens (tertiary/aromatic N) is 2. The summed E-state index contributed by atoms with van der Waals surface area (Å²) in [7, 11) is 0. The van der Waals surface area contributed by atoms with Gasteiger partial charge in [-0.15, -0.1) is 10.2 Å². The summed E-state index contributed by atoms with van der Waals surface area (Å²) in [5.74, 6) is 0.678. The zero-order valence-electron chi connectivity index (χ0n) is 8.81. The maximum atomic E-state index is 5.97. The Morgan fingerprint density at radius 2 is 2.00 bits per heavy atom. The molecule has 0 bridgehead atoms. The van der Waals surface area contributed by atoms with Gasteiger partial charge in [-0.05, 0) is 18.6 Å². The zero-order valence-corrected chi connectivity index (χ0v) is 10.4. The summed E-state index contributed by atoms with van der Waals surface area (Å²) in [5.41, 5.74) is 0. The van der Waals surface area contributed by atoms with Crippen molar-refractivity contribution >= 4 is 22.9 Å². The van der Waals surface area contributed by atoms with Crippen molar-refractivity contribution in [1.29, 1.82) is 0 Å². The van der Waals surface area contributed by atoms with Crippen molar-refractivity contribution in [3.8, 4) is 5.75 Å². The van der Waals surface area contributed by atoms with Crippen LogP contribution in [0.4, 0.5) is 0 Å². The van der Waals surface area contributed by atoms with Crippen LogP contribution in [0.5, 0.6) is 5.75 Å². The molecule has 1 heterocycles. The molecule has 0 aliphatic carbocycles. The quantitative estimate of drug-likeness (QED) is 0.840. The van der Waals surface area contributed by atoms with Gasteiger partial charge in [0, 0.05) is 0 Å². The van der Waals surface area contributed by atoms with Crippen molar-refractivity contribution in [2.75, 3.05) is 0 Å². The summed E-state index contributed by atoms with van der Waals surface area (Å²) in [4.78, 5) is 0. The zero-order chi connectivity index (χ0) is 11.4. The Kier molecular flexibility index (Phi) is 3.74. The van der Waals surface area contributed by atoms with Gasteiger partial charge in [-0.2, -0.15) is 0 Å². The first-order valence-corrected chi connectivity index (χ1v) is 6.17. The van der Waals surface area contributed by atoms with E-state index in [0.717, 1.165) is 16.4 Å². The Balaban J connectivity index is 1.99. The van der Waals surface area contributed by atoms with E-state index in [0.29, 0.717) is 17.4 Å². The van der Waals surface area contributed by atoms with Gasteiger partial charge in [0.15, 0.2) is 5.01 Å². The van der Waals surface area contributed by atoms with E-state index in [4.69, 9.17) is 16.3 Å². The number of halogens is 1. The molecule has 3 nitrogen and oxygen atoms in total. The van der Waals surface area contributed by atoms with Crippen LogP contribution in [0.2, 0.25) is 5.02 Å². The molecular formula is C11H11ClN2OS. The van der Waals surface area contributed by atoms with Gasteiger partial charge in [-0.1, -0.05) is 42.0 Å². The van der Waals surface area contributed by atoms with Crippen LogP contribution in [0.15, 0.2) is 24.3 Å². The number of para-hydroxylation sites is 1. The van der Waals surface area contributed by atoms with Gasteiger partial charge in [0.1, 0.15) is 17.4 Å². The van der Waals surface area contributed by atoms with E-state index in [1.165, 1.54) is 0 Å². The minimum atomic E-state index is 0.418. The smallest absolute Gasteiger partial charge is 0.155 e. The van der Waals surface area contributed by atoms with Crippen molar-refractivity contribution in [3.63, 3.8) is 0 Å². The molecule has 0 N–H and O–H groups in total. The van der Waals surface area contributed by atoms with E-state index in [1.54, 1.807) is 17.4 Å². The average Bonchev–Trinajstić information content (AvgIpc) is 2.76. The van der Waals surface area contributed by atoms with Crippen molar-refractivity contribution in [2.45, 2.75) is 20.0 Å². The highest BCUT2D eigenvalue weighted by atomic mass is 35.5. The molecule has 0 fully saturated rings. The van der Waals surface area contributed by atoms with Gasteiger partial charge in [-0.3, -0.25) is 0 Å². The molecule has 0 saturated heterocycles. The molecule has 0 amide bonds. The van der Waals surface area contributed by atoms with Crippen molar-refractivity contribution < 1.29 is 4.74 Å². The second kappa shape index (κ2) is 5.27. The number of rotatable bonds is 4. The molecule has 0 unspecified atom stereocenters. The fraction of sp³-hybridized carbons (Fsp3) is 0.273.